The minimum Gasteiger partial charge on any atom is -0.369 e. The zero-order chi connectivity index (χ0) is 26.1. The Labute approximate surface area is 220 Å². The van der Waals surface area contributed by atoms with Crippen molar-refractivity contribution in [2.24, 2.45) is 17.8 Å². The van der Waals surface area contributed by atoms with Crippen molar-refractivity contribution in [1.82, 2.24) is 15.1 Å². The first kappa shape index (κ1) is 26.2. The molecule has 4 fully saturated rings. The highest BCUT2D eigenvalue weighted by Crippen LogP contribution is 2.46. The molecule has 5 rings (SSSR count). The van der Waals surface area contributed by atoms with Crippen LogP contribution in [0.15, 0.2) is 24.3 Å². The number of Topliss-reactive ketones (excluding diaryl/α,β-unsaturated/α-hetero) is 1. The highest BCUT2D eigenvalue weighted by molar-refractivity contribution is 5.99. The number of benzene rings is 1. The first-order chi connectivity index (χ1) is 17.9. The number of carbonyl (C=O) groups is 3. The molecule has 3 heterocycles. The molecule has 3 aliphatic heterocycles. The summed E-state index contributed by atoms with van der Waals surface area (Å²) in [5.41, 5.74) is 1.67. The highest BCUT2D eigenvalue weighted by atomic mass is 16.5. The van der Waals surface area contributed by atoms with Gasteiger partial charge in [0.1, 0.15) is 18.7 Å². The summed E-state index contributed by atoms with van der Waals surface area (Å²) in [6, 6.07) is 6.55. The molecular formula is C29H42N4O4. The van der Waals surface area contributed by atoms with Crippen LogP contribution in [0.4, 0.5) is 5.69 Å². The number of carbonyl (C=O) groups excluding carboxylic acids is 3. The second-order valence-corrected chi connectivity index (χ2v) is 11.7. The minimum absolute atomic E-state index is 0.0118. The molecule has 202 valence electrons. The van der Waals surface area contributed by atoms with Crippen LogP contribution in [0.25, 0.3) is 0 Å². The van der Waals surface area contributed by atoms with Crippen LogP contribution in [0.3, 0.4) is 0 Å². The first-order valence-corrected chi connectivity index (χ1v) is 14.2. The fourth-order valence-corrected chi connectivity index (χ4v) is 6.36. The van der Waals surface area contributed by atoms with Crippen molar-refractivity contribution in [3.05, 3.63) is 29.8 Å². The smallest absolute Gasteiger partial charge is 0.251 e. The number of hydrogen-bond acceptors (Lipinski definition) is 6. The predicted molar refractivity (Wildman–Crippen MR) is 143 cm³/mol. The zero-order valence-corrected chi connectivity index (χ0v) is 22.5. The summed E-state index contributed by atoms with van der Waals surface area (Å²) in [5.74, 6) is 0.579. The second kappa shape index (κ2) is 11.1. The van der Waals surface area contributed by atoms with E-state index in [4.69, 9.17) is 4.74 Å². The van der Waals surface area contributed by atoms with Gasteiger partial charge in [-0.3, -0.25) is 19.3 Å². The standard InChI is InChI=1S/C29H42N4O4/c1-4-11-31-12-14-32(15-13-31)22-9-7-21(8-10-22)28(35)30-24(16-19(2)3)29(36)33-17-23(20-5-6-20)27-26(33)25(34)18-37-27/h7-10,19-20,23-24,26-27H,4-6,11-18H2,1-3H3,(H,30,35)/t23-,24?,26-,27-/m1/s1. The molecule has 1 aliphatic carbocycles. The van der Waals surface area contributed by atoms with E-state index in [1.807, 2.05) is 38.1 Å². The largest absolute Gasteiger partial charge is 0.369 e. The maximum absolute atomic E-state index is 13.8. The van der Waals surface area contributed by atoms with E-state index in [2.05, 4.69) is 22.0 Å². The number of anilines is 1. The van der Waals surface area contributed by atoms with Gasteiger partial charge in [-0.05, 0) is 68.3 Å². The molecule has 0 aromatic heterocycles. The molecule has 0 radical (unpaired) electrons. The third-order valence-corrected chi connectivity index (χ3v) is 8.45. The summed E-state index contributed by atoms with van der Waals surface area (Å²) in [5, 5.41) is 3.01. The van der Waals surface area contributed by atoms with Gasteiger partial charge in [0.25, 0.3) is 5.91 Å². The van der Waals surface area contributed by atoms with Gasteiger partial charge in [0.15, 0.2) is 5.78 Å². The first-order valence-electron chi connectivity index (χ1n) is 14.2. The number of nitrogens with one attached hydrogen (secondary N) is 1. The van der Waals surface area contributed by atoms with E-state index in [1.54, 1.807) is 4.90 Å². The summed E-state index contributed by atoms with van der Waals surface area (Å²) in [4.78, 5) is 46.2. The fraction of sp³-hybridized carbons (Fsp3) is 0.690. The highest BCUT2D eigenvalue weighted by Gasteiger charge is 2.56. The Morgan fingerprint density at radius 2 is 1.78 bits per heavy atom. The SMILES string of the molecule is CCCN1CCN(c2ccc(C(=O)NC(CC(C)C)C(=O)N3C[C@H](C4CC4)[C@H]4OCC(=O)[C@H]43)cc2)CC1. The van der Waals surface area contributed by atoms with Gasteiger partial charge in [-0.15, -0.1) is 0 Å². The summed E-state index contributed by atoms with van der Waals surface area (Å²) < 4.78 is 5.84. The molecule has 1 N–H and O–H groups in total. The van der Waals surface area contributed by atoms with Crippen LogP contribution in [0.2, 0.25) is 0 Å². The molecule has 0 spiro atoms. The fourth-order valence-electron chi connectivity index (χ4n) is 6.36. The molecule has 8 heteroatoms. The van der Waals surface area contributed by atoms with Gasteiger partial charge in [-0.2, -0.15) is 0 Å². The summed E-state index contributed by atoms with van der Waals surface area (Å²) >= 11 is 0. The lowest BCUT2D eigenvalue weighted by Gasteiger charge is -2.36. The van der Waals surface area contributed by atoms with Crippen molar-refractivity contribution in [3.8, 4) is 0 Å². The van der Waals surface area contributed by atoms with Gasteiger partial charge in [0.05, 0.1) is 6.10 Å². The van der Waals surface area contributed by atoms with Crippen molar-refractivity contribution in [2.75, 3.05) is 50.8 Å². The molecule has 2 amide bonds. The molecule has 1 aromatic rings. The van der Waals surface area contributed by atoms with E-state index >= 15 is 0 Å². The number of amides is 2. The third kappa shape index (κ3) is 5.70. The second-order valence-electron chi connectivity index (χ2n) is 11.7. The maximum atomic E-state index is 13.8. The quantitative estimate of drug-likeness (QED) is 0.550. The Kier molecular flexibility index (Phi) is 7.86. The van der Waals surface area contributed by atoms with Crippen molar-refractivity contribution in [3.63, 3.8) is 0 Å². The van der Waals surface area contributed by atoms with Crippen LogP contribution in [-0.2, 0) is 14.3 Å². The molecule has 0 bridgehead atoms. The van der Waals surface area contributed by atoms with E-state index in [1.165, 1.54) is 6.42 Å². The van der Waals surface area contributed by atoms with Gasteiger partial charge < -0.3 is 19.9 Å². The van der Waals surface area contributed by atoms with Gasteiger partial charge in [0, 0.05) is 49.9 Å². The Balaban J connectivity index is 1.24. The summed E-state index contributed by atoms with van der Waals surface area (Å²) in [6.45, 7) is 12.2. The topological polar surface area (TPSA) is 82.2 Å². The maximum Gasteiger partial charge on any atom is 0.251 e. The van der Waals surface area contributed by atoms with Gasteiger partial charge in [-0.25, -0.2) is 0 Å². The van der Waals surface area contributed by atoms with Gasteiger partial charge in [0.2, 0.25) is 5.91 Å². The number of likely N-dealkylation sites (tertiary alicyclic amines) is 1. The van der Waals surface area contributed by atoms with Crippen LogP contribution < -0.4 is 10.2 Å². The number of piperazine rings is 1. The van der Waals surface area contributed by atoms with Crippen molar-refractivity contribution < 1.29 is 19.1 Å². The molecule has 3 saturated heterocycles. The van der Waals surface area contributed by atoms with Crippen molar-refractivity contribution in [2.45, 2.75) is 64.6 Å². The number of fused-ring (bicyclic) bond motifs is 1. The van der Waals surface area contributed by atoms with E-state index in [0.29, 0.717) is 24.4 Å². The van der Waals surface area contributed by atoms with Crippen LogP contribution >= 0.6 is 0 Å². The monoisotopic (exact) mass is 510 g/mol. The predicted octanol–water partition coefficient (Wildman–Crippen LogP) is 2.57. The molecular weight excluding hydrogens is 468 g/mol. The minimum atomic E-state index is -0.661. The molecule has 37 heavy (non-hydrogen) atoms. The molecule has 8 nitrogen and oxygen atoms in total. The normalized spacial score (nSPS) is 27.0. The number of hydrogen-bond donors (Lipinski definition) is 1. The molecule has 1 unspecified atom stereocenters. The molecule has 4 aliphatic rings. The summed E-state index contributed by atoms with van der Waals surface area (Å²) in [7, 11) is 0. The molecule has 1 aromatic carbocycles. The Hall–Kier alpha value is -2.45. The van der Waals surface area contributed by atoms with Crippen molar-refractivity contribution >= 4 is 23.3 Å². The van der Waals surface area contributed by atoms with Crippen LogP contribution in [0.1, 0.15) is 56.8 Å². The third-order valence-electron chi connectivity index (χ3n) is 8.45. The zero-order valence-electron chi connectivity index (χ0n) is 22.5. The number of ketones is 1. The number of nitrogens with zero attached hydrogens (tertiary/aromatic N) is 3. The Morgan fingerprint density at radius 3 is 2.41 bits per heavy atom. The van der Waals surface area contributed by atoms with Crippen LogP contribution in [0, 0.1) is 17.8 Å². The Morgan fingerprint density at radius 1 is 1.08 bits per heavy atom. The molecule has 1 saturated carbocycles. The lowest BCUT2D eigenvalue weighted by molar-refractivity contribution is -0.138. The lowest BCUT2D eigenvalue weighted by atomic mass is 9.97. The van der Waals surface area contributed by atoms with E-state index in [-0.39, 0.29) is 42.1 Å². The van der Waals surface area contributed by atoms with Gasteiger partial charge >= 0.3 is 0 Å². The van der Waals surface area contributed by atoms with E-state index < -0.39 is 12.1 Å². The average molecular weight is 511 g/mol. The summed E-state index contributed by atoms with van der Waals surface area (Å²) in [6.07, 6.45) is 3.81. The van der Waals surface area contributed by atoms with Gasteiger partial charge in [-0.1, -0.05) is 20.8 Å². The average Bonchev–Trinajstić information content (AvgIpc) is 3.56. The molecule has 4 atom stereocenters. The number of rotatable bonds is 9. The number of ether oxygens (including phenoxy) is 1. The Bertz CT molecular complexity index is 984. The van der Waals surface area contributed by atoms with Crippen LogP contribution in [-0.4, -0.2) is 91.5 Å². The van der Waals surface area contributed by atoms with Crippen LogP contribution in [0.5, 0.6) is 0 Å². The van der Waals surface area contributed by atoms with Crippen molar-refractivity contribution in [1.29, 1.82) is 0 Å². The van der Waals surface area contributed by atoms with E-state index in [0.717, 1.165) is 51.3 Å². The lowest BCUT2D eigenvalue weighted by Crippen LogP contribution is -2.52. The van der Waals surface area contributed by atoms with E-state index in [9.17, 15) is 14.4 Å².